The molecule has 4 aliphatic heterocycles. The van der Waals surface area contributed by atoms with Crippen molar-refractivity contribution in [1.82, 2.24) is 19.9 Å². The van der Waals surface area contributed by atoms with Gasteiger partial charge in [0, 0.05) is 49.9 Å². The van der Waals surface area contributed by atoms with Gasteiger partial charge in [-0.05, 0) is 39.0 Å². The van der Waals surface area contributed by atoms with Crippen LogP contribution in [0.3, 0.4) is 0 Å². The second-order valence-corrected chi connectivity index (χ2v) is 14.3. The molecule has 2 fully saturated rings. The number of para-hydroxylation sites is 1. The van der Waals surface area contributed by atoms with Gasteiger partial charge in [0.25, 0.3) is 0 Å². The first-order chi connectivity index (χ1) is 22.9. The molecule has 48 heavy (non-hydrogen) atoms. The summed E-state index contributed by atoms with van der Waals surface area (Å²) in [5.41, 5.74) is -0.695. The lowest BCUT2D eigenvalue weighted by atomic mass is 9.78. The molecule has 13 heteroatoms. The Morgan fingerprint density at radius 1 is 1.15 bits per heavy atom. The molecule has 7 heterocycles. The Bertz CT molecular complexity index is 1880. The van der Waals surface area contributed by atoms with Gasteiger partial charge in [-0.25, -0.2) is 24.1 Å². The number of aromatic nitrogens is 3. The number of furan rings is 1. The molecule has 254 valence electrons. The summed E-state index contributed by atoms with van der Waals surface area (Å²) in [6.45, 7) is 8.39. The van der Waals surface area contributed by atoms with Crippen molar-refractivity contribution in [3.63, 3.8) is 0 Å². The van der Waals surface area contributed by atoms with Crippen LogP contribution in [0.15, 0.2) is 40.9 Å². The lowest BCUT2D eigenvalue weighted by Gasteiger charge is -2.42. The van der Waals surface area contributed by atoms with Crippen LogP contribution in [-0.2, 0) is 31.2 Å². The highest BCUT2D eigenvalue weighted by Gasteiger charge is 2.48. The number of pyridine rings is 1. The van der Waals surface area contributed by atoms with Crippen LogP contribution < -0.4 is 9.64 Å². The van der Waals surface area contributed by atoms with Crippen LogP contribution in [0.5, 0.6) is 5.88 Å². The van der Waals surface area contributed by atoms with Crippen LogP contribution in [0.25, 0.3) is 22.1 Å². The van der Waals surface area contributed by atoms with Crippen molar-refractivity contribution in [3.8, 4) is 5.88 Å². The van der Waals surface area contributed by atoms with E-state index in [2.05, 4.69) is 4.98 Å². The molecule has 0 saturated carbocycles. The maximum Gasteiger partial charge on any atom is 0.329 e. The van der Waals surface area contributed by atoms with Gasteiger partial charge >= 0.3 is 5.97 Å². The summed E-state index contributed by atoms with van der Waals surface area (Å²) in [5.74, 6) is -0.0724. The zero-order valence-electron chi connectivity index (χ0n) is 27.5. The molecular weight excluding hydrogens is 641 g/mol. The summed E-state index contributed by atoms with van der Waals surface area (Å²) in [4.78, 5) is 44.7. The van der Waals surface area contributed by atoms with E-state index in [1.165, 1.54) is 6.20 Å². The number of esters is 1. The summed E-state index contributed by atoms with van der Waals surface area (Å²) in [5, 5.41) is 1.08. The van der Waals surface area contributed by atoms with Crippen LogP contribution in [0.4, 0.5) is 10.2 Å². The highest BCUT2D eigenvalue weighted by Crippen LogP contribution is 2.46. The largest absolute Gasteiger partial charge is 0.472 e. The number of nitrogens with zero attached hydrogens (tertiary/aromatic N) is 5. The highest BCUT2D eigenvalue weighted by atomic mass is 35.5. The number of ether oxygens (including phenoxy) is 3. The van der Waals surface area contributed by atoms with Crippen LogP contribution >= 0.6 is 11.6 Å². The van der Waals surface area contributed by atoms with Gasteiger partial charge in [-0.15, -0.1) is 0 Å². The standard InChI is InChI=1S/C35H39ClFN5O6/c1-20-18-41-12-11-35(20,37)24-15-21(36)17-38-32(24)46-22-16-25(33(44)48-34(2,3)4)42(19-22)31-30-29(23-7-5-6-8-26(23)47-30)39-27(40-31)9-13-45-14-10-28(41)43/h5-8,15,17,20,22,25H,9-14,16,18-19H2,1-4H3/t20-,22-,25-,35+/m0/s1. The minimum absolute atomic E-state index is 0.0575. The fourth-order valence-corrected chi connectivity index (χ4v) is 7.09. The number of anilines is 1. The van der Waals surface area contributed by atoms with Crippen LogP contribution in [-0.4, -0.2) is 82.3 Å². The fraction of sp³-hybridized carbons (Fsp3) is 0.514. The van der Waals surface area contributed by atoms with E-state index < -0.39 is 35.3 Å². The van der Waals surface area contributed by atoms with Crippen LogP contribution in [0.1, 0.15) is 58.3 Å². The second kappa shape index (κ2) is 12.5. The van der Waals surface area contributed by atoms with Gasteiger partial charge in [-0.3, -0.25) is 4.79 Å². The van der Waals surface area contributed by atoms with Crippen molar-refractivity contribution in [1.29, 1.82) is 0 Å². The summed E-state index contributed by atoms with van der Waals surface area (Å²) in [6, 6.07) is 8.34. The van der Waals surface area contributed by atoms with E-state index in [0.29, 0.717) is 34.7 Å². The molecule has 1 aromatic carbocycles. The fourth-order valence-electron chi connectivity index (χ4n) is 6.93. The van der Waals surface area contributed by atoms with Gasteiger partial charge in [0.05, 0.1) is 36.8 Å². The lowest BCUT2D eigenvalue weighted by molar-refractivity contribution is -0.156. The minimum atomic E-state index is -1.85. The maximum absolute atomic E-state index is 17.1. The number of hydrogen-bond acceptors (Lipinski definition) is 10. The molecule has 0 unspecified atom stereocenters. The van der Waals surface area contributed by atoms with E-state index in [0.717, 1.165) is 5.39 Å². The first-order valence-corrected chi connectivity index (χ1v) is 16.8. The van der Waals surface area contributed by atoms with Crippen LogP contribution in [0.2, 0.25) is 5.02 Å². The summed E-state index contributed by atoms with van der Waals surface area (Å²) in [7, 11) is 0. The Hall–Kier alpha value is -4.03. The molecule has 4 atom stereocenters. The van der Waals surface area contributed by atoms with Gasteiger partial charge < -0.3 is 28.4 Å². The summed E-state index contributed by atoms with van der Waals surface area (Å²) < 4.78 is 41.7. The number of hydrogen-bond donors (Lipinski definition) is 0. The monoisotopic (exact) mass is 679 g/mol. The normalized spacial score (nSPS) is 25.4. The van der Waals surface area contributed by atoms with E-state index in [1.54, 1.807) is 17.9 Å². The predicted molar refractivity (Wildman–Crippen MR) is 177 cm³/mol. The molecule has 8 rings (SSSR count). The van der Waals surface area contributed by atoms with Crippen molar-refractivity contribution in [2.45, 2.75) is 76.8 Å². The Kier molecular flexibility index (Phi) is 8.43. The maximum atomic E-state index is 17.1. The van der Waals surface area contributed by atoms with E-state index in [-0.39, 0.29) is 74.5 Å². The number of benzene rings is 1. The number of carbonyl (C=O) groups is 2. The van der Waals surface area contributed by atoms with Gasteiger partial charge in [0.2, 0.25) is 11.8 Å². The van der Waals surface area contributed by atoms with Crippen molar-refractivity contribution < 1.29 is 32.6 Å². The molecule has 0 N–H and O–H groups in total. The number of piperidine rings is 1. The summed E-state index contributed by atoms with van der Waals surface area (Å²) in [6.07, 6.45) is 1.64. The Balaban J connectivity index is 1.34. The van der Waals surface area contributed by atoms with Gasteiger partial charge in [0.1, 0.15) is 40.3 Å². The second-order valence-electron chi connectivity index (χ2n) is 13.9. The van der Waals surface area contributed by atoms with Crippen LogP contribution in [0, 0.1) is 5.92 Å². The molecule has 1 amide bonds. The van der Waals surface area contributed by atoms with E-state index in [1.807, 2.05) is 49.9 Å². The predicted octanol–water partition coefficient (Wildman–Crippen LogP) is 5.79. The zero-order chi connectivity index (χ0) is 33.8. The zero-order valence-corrected chi connectivity index (χ0v) is 28.3. The average molecular weight is 680 g/mol. The third kappa shape index (κ3) is 6.16. The van der Waals surface area contributed by atoms with Gasteiger partial charge in [0.15, 0.2) is 11.4 Å². The van der Waals surface area contributed by atoms with Gasteiger partial charge in [-0.2, -0.15) is 0 Å². The van der Waals surface area contributed by atoms with Crippen molar-refractivity contribution in [2.75, 3.05) is 37.7 Å². The Morgan fingerprint density at radius 3 is 2.73 bits per heavy atom. The van der Waals surface area contributed by atoms with Gasteiger partial charge in [-0.1, -0.05) is 30.7 Å². The molecule has 11 nitrogen and oxygen atoms in total. The molecule has 6 bridgehead atoms. The minimum Gasteiger partial charge on any atom is -0.472 e. The molecular formula is C35H39ClFN5O6. The number of alkyl halides is 1. The molecule has 3 aromatic heterocycles. The third-order valence-electron chi connectivity index (χ3n) is 9.31. The number of fused-ring (bicyclic) bond motifs is 10. The number of carbonyl (C=O) groups excluding carboxylic acids is 2. The molecule has 0 aliphatic carbocycles. The smallest absolute Gasteiger partial charge is 0.329 e. The van der Waals surface area contributed by atoms with Crippen molar-refractivity contribution in [2.24, 2.45) is 5.92 Å². The number of amides is 1. The molecule has 4 aliphatic rings. The van der Waals surface area contributed by atoms with Crippen molar-refractivity contribution in [3.05, 3.63) is 52.9 Å². The van der Waals surface area contributed by atoms with E-state index >= 15 is 4.39 Å². The number of halogens is 2. The number of rotatable bonds is 1. The molecule has 0 spiro atoms. The topological polar surface area (TPSA) is 120 Å². The third-order valence-corrected chi connectivity index (χ3v) is 9.52. The quantitative estimate of drug-likeness (QED) is 0.229. The average Bonchev–Trinajstić information content (AvgIpc) is 3.63. The Labute approximate surface area is 282 Å². The molecule has 0 radical (unpaired) electrons. The first kappa shape index (κ1) is 32.5. The van der Waals surface area contributed by atoms with E-state index in [4.69, 9.17) is 40.2 Å². The lowest BCUT2D eigenvalue weighted by Crippen LogP contribution is -2.49. The molecule has 4 aromatic rings. The molecule has 2 saturated heterocycles. The summed E-state index contributed by atoms with van der Waals surface area (Å²) >= 11 is 6.38. The SMILES string of the molecule is C[C@H]1CN2CC[C@]1(F)c1cc(Cl)cnc1O[C@H]1C[C@@H](C(=O)OC(C)(C)C)N(C1)c1nc(nc3c1oc1ccccc13)CCOCCC2=O. The Morgan fingerprint density at radius 2 is 1.94 bits per heavy atom. The van der Waals surface area contributed by atoms with E-state index in [9.17, 15) is 9.59 Å². The highest BCUT2D eigenvalue weighted by molar-refractivity contribution is 6.30. The van der Waals surface area contributed by atoms with Crippen molar-refractivity contribution >= 4 is 51.4 Å². The first-order valence-electron chi connectivity index (χ1n) is 16.4.